The van der Waals surface area contributed by atoms with Crippen molar-refractivity contribution >= 4 is 17.2 Å². The lowest BCUT2D eigenvalue weighted by atomic mass is 9.94. The summed E-state index contributed by atoms with van der Waals surface area (Å²) < 4.78 is 5.84. The number of aromatic hydroxyl groups is 1. The number of hydrogen-bond acceptors (Lipinski definition) is 9. The van der Waals surface area contributed by atoms with Crippen LogP contribution >= 0.6 is 0 Å². The summed E-state index contributed by atoms with van der Waals surface area (Å²) in [6, 6.07) is 14.1. The molecule has 9 heteroatoms. The van der Waals surface area contributed by atoms with Gasteiger partial charge >= 0.3 is 0 Å². The van der Waals surface area contributed by atoms with E-state index in [0.717, 1.165) is 70.0 Å². The number of anilines is 3. The average Bonchev–Trinajstić information content (AvgIpc) is 3.55. The van der Waals surface area contributed by atoms with Crippen molar-refractivity contribution in [3.05, 3.63) is 54.4 Å². The molecule has 3 aromatic rings. The molecule has 7 rings (SSSR count). The number of phenolic OH excluding ortho intramolecular Hbond substituents is 1. The van der Waals surface area contributed by atoms with E-state index in [4.69, 9.17) is 10.5 Å². The minimum absolute atomic E-state index is 0.182. The Kier molecular flexibility index (Phi) is 6.66. The summed E-state index contributed by atoms with van der Waals surface area (Å²) in [7, 11) is 0. The molecule has 4 atom stereocenters. The lowest BCUT2D eigenvalue weighted by Gasteiger charge is -2.43. The van der Waals surface area contributed by atoms with Crippen LogP contribution in [0, 0.1) is 17.8 Å². The zero-order chi connectivity index (χ0) is 27.1. The van der Waals surface area contributed by atoms with Gasteiger partial charge in [0.15, 0.2) is 5.82 Å². The Balaban J connectivity index is 1.05. The maximum Gasteiger partial charge on any atom is 0.169 e. The molecule has 4 aliphatic heterocycles. The number of hydrogen-bond donors (Lipinski definition) is 2. The van der Waals surface area contributed by atoms with Gasteiger partial charge in [0.05, 0.1) is 24.0 Å². The van der Waals surface area contributed by atoms with Gasteiger partial charge in [-0.2, -0.15) is 0 Å². The van der Waals surface area contributed by atoms with E-state index in [1.165, 1.54) is 12.1 Å². The van der Waals surface area contributed by atoms with Crippen molar-refractivity contribution < 1.29 is 9.84 Å². The summed E-state index contributed by atoms with van der Waals surface area (Å²) in [5.74, 6) is 7.97. The molecule has 9 nitrogen and oxygen atoms in total. The summed E-state index contributed by atoms with van der Waals surface area (Å²) >= 11 is 0. The van der Waals surface area contributed by atoms with Gasteiger partial charge in [0, 0.05) is 68.2 Å². The molecule has 40 heavy (non-hydrogen) atoms. The molecule has 3 N–H and O–H groups in total. The minimum atomic E-state index is 0.182. The molecule has 0 aliphatic carbocycles. The third kappa shape index (κ3) is 4.82. The average molecular weight is 538 g/mol. The molecule has 4 fully saturated rings. The molecule has 0 spiro atoms. The van der Waals surface area contributed by atoms with Crippen LogP contribution < -0.4 is 15.5 Å². The SMILES string of the molecule is Nc1nnc(-c2ccccc2O)cc1N1CC2CCC(C1)N2c1ccnc(C#CCN2CCC3OCCC3C2)c1. The molecule has 0 amide bonds. The number of piperazine rings is 1. The highest BCUT2D eigenvalue weighted by Gasteiger charge is 2.41. The van der Waals surface area contributed by atoms with Gasteiger partial charge in [-0.15, -0.1) is 10.2 Å². The zero-order valence-corrected chi connectivity index (χ0v) is 22.6. The highest BCUT2D eigenvalue weighted by molar-refractivity contribution is 5.74. The first-order valence-electron chi connectivity index (χ1n) is 14.4. The van der Waals surface area contributed by atoms with Crippen molar-refractivity contribution in [1.82, 2.24) is 20.1 Å². The molecule has 4 saturated heterocycles. The van der Waals surface area contributed by atoms with Crippen LogP contribution in [0.4, 0.5) is 17.2 Å². The second-order valence-corrected chi connectivity index (χ2v) is 11.4. The molecule has 2 bridgehead atoms. The number of rotatable bonds is 4. The van der Waals surface area contributed by atoms with Crippen LogP contribution in [0.1, 0.15) is 31.4 Å². The highest BCUT2D eigenvalue weighted by atomic mass is 16.5. The number of phenols is 1. The summed E-state index contributed by atoms with van der Waals surface area (Å²) in [6.45, 7) is 5.53. The van der Waals surface area contributed by atoms with Gasteiger partial charge in [-0.05, 0) is 61.9 Å². The summed E-state index contributed by atoms with van der Waals surface area (Å²) in [5, 5.41) is 18.8. The van der Waals surface area contributed by atoms with Crippen molar-refractivity contribution in [2.75, 3.05) is 54.9 Å². The first-order chi connectivity index (χ1) is 19.6. The number of pyridine rings is 1. The van der Waals surface area contributed by atoms with Crippen molar-refractivity contribution in [3.8, 4) is 28.8 Å². The number of nitrogens with zero attached hydrogens (tertiary/aromatic N) is 6. The number of nitrogen functional groups attached to an aromatic ring is 1. The van der Waals surface area contributed by atoms with Crippen LogP contribution in [0.25, 0.3) is 11.3 Å². The topological polar surface area (TPSA) is 104 Å². The molecular formula is C31H35N7O2. The summed E-state index contributed by atoms with van der Waals surface area (Å²) in [4.78, 5) is 11.9. The lowest BCUT2D eigenvalue weighted by molar-refractivity contribution is 0.0393. The monoisotopic (exact) mass is 537 g/mol. The maximum atomic E-state index is 10.3. The van der Waals surface area contributed by atoms with Gasteiger partial charge in [0.2, 0.25) is 0 Å². The van der Waals surface area contributed by atoms with Crippen molar-refractivity contribution in [2.24, 2.45) is 5.92 Å². The van der Waals surface area contributed by atoms with E-state index in [9.17, 15) is 5.11 Å². The number of fused-ring (bicyclic) bond motifs is 3. The molecule has 0 radical (unpaired) electrons. The lowest BCUT2D eigenvalue weighted by Crippen LogP contribution is -2.54. The van der Waals surface area contributed by atoms with E-state index in [-0.39, 0.29) is 5.75 Å². The van der Waals surface area contributed by atoms with E-state index >= 15 is 0 Å². The fraction of sp³-hybridized carbons (Fsp3) is 0.452. The van der Waals surface area contributed by atoms with E-state index in [1.807, 2.05) is 24.4 Å². The highest BCUT2D eigenvalue weighted by Crippen LogP contribution is 2.39. The van der Waals surface area contributed by atoms with Crippen molar-refractivity contribution in [2.45, 2.75) is 43.9 Å². The third-order valence-corrected chi connectivity index (χ3v) is 8.93. The summed E-state index contributed by atoms with van der Waals surface area (Å²) in [6.07, 6.45) is 6.88. The predicted octanol–water partition coefficient (Wildman–Crippen LogP) is 3.15. The first-order valence-corrected chi connectivity index (χ1v) is 14.4. The second-order valence-electron chi connectivity index (χ2n) is 11.4. The number of piperidine rings is 1. The van der Waals surface area contributed by atoms with E-state index < -0.39 is 0 Å². The number of nitrogens with two attached hydrogens (primary N) is 1. The molecule has 0 saturated carbocycles. The van der Waals surface area contributed by atoms with Gasteiger partial charge in [0.25, 0.3) is 0 Å². The number of para-hydroxylation sites is 1. The smallest absolute Gasteiger partial charge is 0.169 e. The van der Waals surface area contributed by atoms with Gasteiger partial charge in [-0.3, -0.25) is 4.90 Å². The predicted molar refractivity (Wildman–Crippen MR) is 155 cm³/mol. The minimum Gasteiger partial charge on any atom is -0.507 e. The van der Waals surface area contributed by atoms with Crippen LogP contribution in [-0.4, -0.2) is 82.7 Å². The van der Waals surface area contributed by atoms with Crippen LogP contribution in [0.5, 0.6) is 5.75 Å². The van der Waals surface area contributed by atoms with Gasteiger partial charge in [-0.1, -0.05) is 18.1 Å². The van der Waals surface area contributed by atoms with Crippen LogP contribution in [0.15, 0.2) is 48.7 Å². The van der Waals surface area contributed by atoms with Crippen LogP contribution in [0.2, 0.25) is 0 Å². The first kappa shape index (κ1) is 25.1. The Labute approximate surface area is 235 Å². The van der Waals surface area contributed by atoms with E-state index in [1.54, 1.807) is 12.1 Å². The number of ether oxygens (including phenoxy) is 1. The Morgan fingerprint density at radius 3 is 2.70 bits per heavy atom. The molecule has 2 aromatic heterocycles. The quantitative estimate of drug-likeness (QED) is 0.486. The summed E-state index contributed by atoms with van der Waals surface area (Å²) in [5.41, 5.74) is 10.5. The molecule has 6 heterocycles. The maximum absolute atomic E-state index is 10.3. The standard InChI is InChI=1S/C31H35N7O2/c32-31-28(17-27(34-35-31)26-5-1-2-6-29(26)39)37-19-24-7-8-25(20-37)38(24)23-9-12-33-22(16-23)4-3-13-36-14-10-30-21(18-36)11-15-40-30/h1-2,5-6,9,12,16-17,21,24-25,30,39H,7-8,10-11,13-15,18-20H2,(H2,32,35). The Morgan fingerprint density at radius 2 is 1.85 bits per heavy atom. The molecule has 1 aromatic carbocycles. The van der Waals surface area contributed by atoms with Gasteiger partial charge < -0.3 is 25.4 Å². The van der Waals surface area contributed by atoms with Crippen molar-refractivity contribution in [1.29, 1.82) is 0 Å². The Morgan fingerprint density at radius 1 is 1.00 bits per heavy atom. The molecule has 4 unspecified atom stereocenters. The number of aromatic nitrogens is 3. The fourth-order valence-corrected chi connectivity index (χ4v) is 6.97. The van der Waals surface area contributed by atoms with Crippen LogP contribution in [0.3, 0.4) is 0 Å². The third-order valence-electron chi connectivity index (χ3n) is 8.93. The molecule has 206 valence electrons. The molecule has 4 aliphatic rings. The second kappa shape index (κ2) is 10.6. The van der Waals surface area contributed by atoms with Gasteiger partial charge in [-0.25, -0.2) is 4.98 Å². The van der Waals surface area contributed by atoms with Gasteiger partial charge in [0.1, 0.15) is 11.4 Å². The largest absolute Gasteiger partial charge is 0.507 e. The number of benzene rings is 1. The Bertz CT molecular complexity index is 1440. The Hall–Kier alpha value is -3.87. The number of likely N-dealkylation sites (tertiary alicyclic amines) is 1. The molecular weight excluding hydrogens is 502 g/mol. The van der Waals surface area contributed by atoms with E-state index in [0.29, 0.717) is 41.2 Å². The zero-order valence-electron chi connectivity index (χ0n) is 22.6. The fourth-order valence-electron chi connectivity index (χ4n) is 6.97. The normalized spacial score (nSPS) is 25.9. The van der Waals surface area contributed by atoms with Crippen molar-refractivity contribution in [3.63, 3.8) is 0 Å². The van der Waals surface area contributed by atoms with E-state index in [2.05, 4.69) is 53.9 Å². The van der Waals surface area contributed by atoms with Crippen LogP contribution in [-0.2, 0) is 4.74 Å².